The molecule has 7 nitrogen and oxygen atoms in total. The first-order chi connectivity index (χ1) is 12.5. The Hall–Kier alpha value is -2.67. The zero-order chi connectivity index (χ0) is 18.5. The highest BCUT2D eigenvalue weighted by Gasteiger charge is 2.29. The van der Waals surface area contributed by atoms with E-state index >= 15 is 0 Å². The van der Waals surface area contributed by atoms with Gasteiger partial charge in [0.25, 0.3) is 0 Å². The lowest BCUT2D eigenvalue weighted by atomic mass is 10.0. The van der Waals surface area contributed by atoms with Crippen LogP contribution in [0.5, 0.6) is 0 Å². The van der Waals surface area contributed by atoms with Gasteiger partial charge in [-0.25, -0.2) is 0 Å². The molecule has 1 fully saturated rings. The first-order valence-corrected chi connectivity index (χ1v) is 8.77. The molecule has 2 heterocycles. The highest BCUT2D eigenvalue weighted by molar-refractivity contribution is 5.89. The van der Waals surface area contributed by atoms with E-state index in [1.165, 1.54) is 0 Å². The summed E-state index contributed by atoms with van der Waals surface area (Å²) in [4.78, 5) is 29.5. The van der Waals surface area contributed by atoms with Gasteiger partial charge in [-0.05, 0) is 19.5 Å². The van der Waals surface area contributed by atoms with Gasteiger partial charge in [-0.2, -0.15) is 0 Å². The topological polar surface area (TPSA) is 78.7 Å². The summed E-state index contributed by atoms with van der Waals surface area (Å²) in [5, 5.41) is 6.72. The van der Waals surface area contributed by atoms with Crippen molar-refractivity contribution in [2.24, 2.45) is 0 Å². The summed E-state index contributed by atoms with van der Waals surface area (Å²) in [6.07, 6.45) is 0.0801. The van der Waals surface area contributed by atoms with Crippen LogP contribution in [0, 0.1) is 6.92 Å². The number of aromatic nitrogens is 1. The quantitative estimate of drug-likeness (QED) is 0.870. The second-order valence-electron chi connectivity index (χ2n) is 6.65. The van der Waals surface area contributed by atoms with E-state index in [-0.39, 0.29) is 18.2 Å². The maximum Gasteiger partial charge on any atom is 0.249 e. The number of nitrogens with one attached hydrogen (secondary N) is 1. The zero-order valence-electron chi connectivity index (χ0n) is 15.1. The molecule has 1 aromatic heterocycles. The molecule has 1 N–H and O–H groups in total. The Balaban J connectivity index is 1.73. The first kappa shape index (κ1) is 18.1. The van der Waals surface area contributed by atoms with Crippen LogP contribution in [-0.4, -0.2) is 60.0 Å². The average molecular weight is 356 g/mol. The molecule has 1 aliphatic heterocycles. The van der Waals surface area contributed by atoms with Gasteiger partial charge in [0.05, 0.1) is 12.1 Å². The van der Waals surface area contributed by atoms with Crippen LogP contribution in [0.1, 0.15) is 23.1 Å². The van der Waals surface area contributed by atoms with Crippen molar-refractivity contribution >= 4 is 11.8 Å². The van der Waals surface area contributed by atoms with Crippen molar-refractivity contribution in [2.75, 3.05) is 33.2 Å². The van der Waals surface area contributed by atoms with Crippen LogP contribution in [-0.2, 0) is 16.0 Å². The fourth-order valence-electron chi connectivity index (χ4n) is 3.02. The Labute approximate surface area is 152 Å². The van der Waals surface area contributed by atoms with Crippen molar-refractivity contribution in [1.29, 1.82) is 0 Å². The van der Waals surface area contributed by atoms with E-state index in [2.05, 4.69) is 15.4 Å². The second kappa shape index (κ2) is 8.14. The van der Waals surface area contributed by atoms with Crippen molar-refractivity contribution < 1.29 is 14.1 Å². The lowest BCUT2D eigenvalue weighted by Gasteiger charge is -2.34. The number of rotatable bonds is 5. The number of amides is 2. The van der Waals surface area contributed by atoms with E-state index in [4.69, 9.17) is 4.52 Å². The van der Waals surface area contributed by atoms with Crippen LogP contribution in [0.25, 0.3) is 0 Å². The molecule has 1 unspecified atom stereocenters. The fraction of sp³-hybridized carbons (Fsp3) is 0.421. The molecule has 7 heteroatoms. The Morgan fingerprint density at radius 3 is 2.50 bits per heavy atom. The van der Waals surface area contributed by atoms with Crippen LogP contribution in [0.3, 0.4) is 0 Å². The Morgan fingerprint density at radius 1 is 1.19 bits per heavy atom. The zero-order valence-corrected chi connectivity index (χ0v) is 15.1. The van der Waals surface area contributed by atoms with E-state index in [1.54, 1.807) is 13.0 Å². The molecule has 1 aromatic carbocycles. The molecule has 3 rings (SSSR count). The molecule has 1 atom stereocenters. The van der Waals surface area contributed by atoms with Crippen LogP contribution in [0.2, 0.25) is 0 Å². The molecule has 2 aromatic rings. The van der Waals surface area contributed by atoms with Gasteiger partial charge < -0.3 is 19.6 Å². The minimum Gasteiger partial charge on any atom is -0.361 e. The molecule has 1 saturated heterocycles. The maximum absolute atomic E-state index is 13.1. The predicted molar refractivity (Wildman–Crippen MR) is 96.3 cm³/mol. The molecule has 138 valence electrons. The number of carbonyl (C=O) groups excluding carboxylic acids is 2. The summed E-state index contributed by atoms with van der Waals surface area (Å²) < 4.78 is 5.00. The summed E-state index contributed by atoms with van der Waals surface area (Å²) in [5.74, 6) is 0.324. The molecule has 1 aliphatic rings. The van der Waals surface area contributed by atoms with Crippen molar-refractivity contribution in [3.05, 3.63) is 53.4 Å². The molecule has 0 radical (unpaired) electrons. The third-order valence-electron chi connectivity index (χ3n) is 4.52. The molecular weight excluding hydrogens is 332 g/mol. The standard InChI is InChI=1S/C19H24N4O3/c1-14-12-16(21-26-14)13-17(24)20-18(15-6-4-3-5-7-15)19(25)23-10-8-22(2)9-11-23/h3-7,12,18H,8-11,13H2,1-2H3,(H,20,24). The summed E-state index contributed by atoms with van der Waals surface area (Å²) in [6, 6.07) is 10.4. The van der Waals surface area contributed by atoms with Crippen LogP contribution < -0.4 is 5.32 Å². The minimum absolute atomic E-state index is 0.0750. The van der Waals surface area contributed by atoms with E-state index in [0.717, 1.165) is 18.7 Å². The first-order valence-electron chi connectivity index (χ1n) is 8.77. The third kappa shape index (κ3) is 4.49. The molecule has 0 saturated carbocycles. The van der Waals surface area contributed by atoms with Gasteiger partial charge in [-0.15, -0.1) is 0 Å². The van der Waals surface area contributed by atoms with Gasteiger partial charge in [0.2, 0.25) is 11.8 Å². The van der Waals surface area contributed by atoms with Gasteiger partial charge in [0.15, 0.2) is 0 Å². The van der Waals surface area contributed by atoms with Crippen molar-refractivity contribution in [3.8, 4) is 0 Å². The second-order valence-corrected chi connectivity index (χ2v) is 6.65. The number of likely N-dealkylation sites (N-methyl/N-ethyl adjacent to an activating group) is 1. The molecule has 2 amide bonds. The third-order valence-corrected chi connectivity index (χ3v) is 4.52. The number of aryl methyl sites for hydroxylation is 1. The largest absolute Gasteiger partial charge is 0.361 e. The van der Waals surface area contributed by atoms with Gasteiger partial charge in [0.1, 0.15) is 11.8 Å². The number of hydrogen-bond donors (Lipinski definition) is 1. The van der Waals surface area contributed by atoms with Crippen molar-refractivity contribution in [2.45, 2.75) is 19.4 Å². The number of hydrogen-bond acceptors (Lipinski definition) is 5. The smallest absolute Gasteiger partial charge is 0.249 e. The molecular formula is C19H24N4O3. The molecule has 0 aliphatic carbocycles. The van der Waals surface area contributed by atoms with Gasteiger partial charge >= 0.3 is 0 Å². The van der Waals surface area contributed by atoms with Crippen LogP contribution in [0.15, 0.2) is 40.9 Å². The van der Waals surface area contributed by atoms with E-state index < -0.39 is 6.04 Å². The highest BCUT2D eigenvalue weighted by Crippen LogP contribution is 2.17. The van der Waals surface area contributed by atoms with E-state index in [9.17, 15) is 9.59 Å². The molecule has 26 heavy (non-hydrogen) atoms. The number of benzene rings is 1. The van der Waals surface area contributed by atoms with Crippen molar-refractivity contribution in [1.82, 2.24) is 20.3 Å². The lowest BCUT2D eigenvalue weighted by molar-refractivity contribution is -0.138. The molecule has 0 spiro atoms. The summed E-state index contributed by atoms with van der Waals surface area (Å²) in [5.41, 5.74) is 1.33. The minimum atomic E-state index is -0.694. The van der Waals surface area contributed by atoms with Crippen LogP contribution >= 0.6 is 0 Å². The number of nitrogens with zero attached hydrogens (tertiary/aromatic N) is 3. The normalized spacial score (nSPS) is 16.3. The summed E-state index contributed by atoms with van der Waals surface area (Å²) >= 11 is 0. The van der Waals surface area contributed by atoms with Gasteiger partial charge in [-0.1, -0.05) is 35.5 Å². The van der Waals surface area contributed by atoms with E-state index in [1.807, 2.05) is 42.3 Å². The summed E-state index contributed by atoms with van der Waals surface area (Å²) in [6.45, 7) is 4.77. The van der Waals surface area contributed by atoms with Gasteiger partial charge in [-0.3, -0.25) is 9.59 Å². The SMILES string of the molecule is Cc1cc(CC(=O)NC(C(=O)N2CCN(C)CC2)c2ccccc2)no1. The predicted octanol–water partition coefficient (Wildman–Crippen LogP) is 1.16. The van der Waals surface area contributed by atoms with E-state index in [0.29, 0.717) is 24.5 Å². The number of carbonyl (C=O) groups is 2. The maximum atomic E-state index is 13.1. The Kier molecular flexibility index (Phi) is 5.68. The monoisotopic (exact) mass is 356 g/mol. The highest BCUT2D eigenvalue weighted by atomic mass is 16.5. The van der Waals surface area contributed by atoms with Crippen molar-refractivity contribution in [3.63, 3.8) is 0 Å². The Morgan fingerprint density at radius 2 is 1.88 bits per heavy atom. The number of piperazine rings is 1. The fourth-order valence-corrected chi connectivity index (χ4v) is 3.02. The summed E-state index contributed by atoms with van der Waals surface area (Å²) in [7, 11) is 2.04. The Bertz CT molecular complexity index is 751. The molecule has 0 bridgehead atoms. The van der Waals surface area contributed by atoms with Gasteiger partial charge in [0, 0.05) is 32.2 Å². The lowest BCUT2D eigenvalue weighted by Crippen LogP contribution is -2.51. The average Bonchev–Trinajstić information content (AvgIpc) is 3.05. The van der Waals surface area contributed by atoms with Crippen LogP contribution in [0.4, 0.5) is 0 Å².